The Labute approximate surface area is 127 Å². The number of hydrogen-bond acceptors (Lipinski definition) is 3. The summed E-state index contributed by atoms with van der Waals surface area (Å²) in [7, 11) is -1.63. The van der Waals surface area contributed by atoms with Crippen molar-refractivity contribution in [1.29, 1.82) is 0 Å². The van der Waals surface area contributed by atoms with E-state index in [0.29, 0.717) is 18.5 Å². The van der Waals surface area contributed by atoms with Crippen LogP contribution in [0.1, 0.15) is 46.1 Å². The zero-order chi connectivity index (χ0) is 16.0. The van der Waals surface area contributed by atoms with Crippen molar-refractivity contribution in [3.8, 4) is 0 Å². The Bertz CT molecular complexity index is 436. The van der Waals surface area contributed by atoms with E-state index < -0.39 is 12.9 Å². The van der Waals surface area contributed by atoms with Crippen molar-refractivity contribution >= 4 is 12.6 Å². The second kappa shape index (κ2) is 8.52. The Hall–Kier alpha value is -0.905. The van der Waals surface area contributed by atoms with Gasteiger partial charge in [-0.25, -0.2) is 4.39 Å². The molecule has 0 heterocycles. The summed E-state index contributed by atoms with van der Waals surface area (Å²) in [5, 5.41) is 18.5. The van der Waals surface area contributed by atoms with Crippen molar-refractivity contribution < 1.29 is 14.4 Å². The van der Waals surface area contributed by atoms with Crippen LogP contribution in [0, 0.1) is 11.7 Å². The first kappa shape index (κ1) is 18.1. The molecule has 1 aromatic rings. The maximum Gasteiger partial charge on any atom is 0.488 e. The van der Waals surface area contributed by atoms with Crippen LogP contribution in [0.15, 0.2) is 18.2 Å². The molecule has 0 aromatic heterocycles. The van der Waals surface area contributed by atoms with Gasteiger partial charge in [0.1, 0.15) is 5.82 Å². The summed E-state index contributed by atoms with van der Waals surface area (Å²) in [5.74, 6) is 0.103. The Morgan fingerprint density at radius 1 is 1.14 bits per heavy atom. The molecule has 0 saturated carbocycles. The van der Waals surface area contributed by atoms with Gasteiger partial charge in [0, 0.05) is 19.1 Å². The van der Waals surface area contributed by atoms with Gasteiger partial charge in [-0.1, -0.05) is 33.8 Å². The third-order valence-corrected chi connectivity index (χ3v) is 3.72. The quantitative estimate of drug-likeness (QED) is 0.722. The maximum absolute atomic E-state index is 13.6. The van der Waals surface area contributed by atoms with Gasteiger partial charge in [-0.3, -0.25) is 4.90 Å². The predicted octanol–water partition coefficient (Wildman–Crippen LogP) is 2.15. The van der Waals surface area contributed by atoms with Gasteiger partial charge in [0.25, 0.3) is 0 Å². The molecular weight excluding hydrogens is 268 g/mol. The van der Waals surface area contributed by atoms with E-state index in [1.165, 1.54) is 6.07 Å². The lowest BCUT2D eigenvalue weighted by Crippen LogP contribution is -2.37. The van der Waals surface area contributed by atoms with Gasteiger partial charge < -0.3 is 10.0 Å². The molecule has 118 valence electrons. The topological polar surface area (TPSA) is 43.7 Å². The highest BCUT2D eigenvalue weighted by molar-refractivity contribution is 6.58. The molecule has 1 aromatic carbocycles. The minimum atomic E-state index is -1.63. The monoisotopic (exact) mass is 295 g/mol. The number of benzene rings is 1. The van der Waals surface area contributed by atoms with Gasteiger partial charge in [-0.05, 0) is 41.9 Å². The molecule has 3 nitrogen and oxygen atoms in total. The first-order valence-electron chi connectivity index (χ1n) is 7.76. The fraction of sp³-hybridized carbons (Fsp3) is 0.625. The molecule has 21 heavy (non-hydrogen) atoms. The SMILES string of the molecule is CCC(CC)N(Cc1cc(F)cc(B(O)O)c1)CC(C)C. The zero-order valence-electron chi connectivity index (χ0n) is 13.5. The Balaban J connectivity index is 2.96. The van der Waals surface area contributed by atoms with Crippen LogP contribution in [0.5, 0.6) is 0 Å². The molecule has 2 N–H and O–H groups in total. The molecule has 0 aliphatic rings. The van der Waals surface area contributed by atoms with Crippen molar-refractivity contribution in [2.24, 2.45) is 5.92 Å². The smallest absolute Gasteiger partial charge is 0.423 e. The van der Waals surface area contributed by atoms with Gasteiger partial charge in [0.15, 0.2) is 0 Å². The first-order valence-corrected chi connectivity index (χ1v) is 7.76. The summed E-state index contributed by atoms with van der Waals surface area (Å²) >= 11 is 0. The Kier molecular flexibility index (Phi) is 7.36. The van der Waals surface area contributed by atoms with E-state index in [1.54, 1.807) is 6.07 Å². The second-order valence-electron chi connectivity index (χ2n) is 6.06. The van der Waals surface area contributed by atoms with E-state index in [1.807, 2.05) is 0 Å². The molecule has 0 bridgehead atoms. The summed E-state index contributed by atoms with van der Waals surface area (Å²) in [6.07, 6.45) is 2.10. The number of hydrogen-bond donors (Lipinski definition) is 2. The lowest BCUT2D eigenvalue weighted by atomic mass is 9.79. The third kappa shape index (κ3) is 5.77. The third-order valence-electron chi connectivity index (χ3n) is 3.72. The number of rotatable bonds is 8. The van der Waals surface area contributed by atoms with Crippen LogP contribution in [-0.2, 0) is 6.54 Å². The zero-order valence-corrected chi connectivity index (χ0v) is 13.5. The minimum absolute atomic E-state index is 0.207. The van der Waals surface area contributed by atoms with Crippen LogP contribution in [0.25, 0.3) is 0 Å². The molecule has 0 aliphatic heterocycles. The maximum atomic E-state index is 13.6. The average Bonchev–Trinajstić information content (AvgIpc) is 2.38. The molecule has 0 atom stereocenters. The van der Waals surface area contributed by atoms with Crippen molar-refractivity contribution in [2.75, 3.05) is 6.54 Å². The lowest BCUT2D eigenvalue weighted by molar-refractivity contribution is 0.157. The highest BCUT2D eigenvalue weighted by Crippen LogP contribution is 2.16. The van der Waals surface area contributed by atoms with Crippen LogP contribution in [-0.4, -0.2) is 34.7 Å². The summed E-state index contributed by atoms with van der Waals surface area (Å²) < 4.78 is 13.6. The summed E-state index contributed by atoms with van der Waals surface area (Å²) in [4.78, 5) is 2.35. The Morgan fingerprint density at radius 2 is 1.76 bits per heavy atom. The molecule has 0 saturated heterocycles. The second-order valence-corrected chi connectivity index (χ2v) is 6.06. The largest absolute Gasteiger partial charge is 0.488 e. The van der Waals surface area contributed by atoms with Crippen LogP contribution in [0.2, 0.25) is 0 Å². The van der Waals surface area contributed by atoms with E-state index in [2.05, 4.69) is 32.6 Å². The molecular formula is C16H27BFNO2. The fourth-order valence-electron chi connectivity index (χ4n) is 2.77. The van der Waals surface area contributed by atoms with Gasteiger partial charge in [-0.2, -0.15) is 0 Å². The van der Waals surface area contributed by atoms with Crippen molar-refractivity contribution in [2.45, 2.75) is 53.1 Å². The van der Waals surface area contributed by atoms with Gasteiger partial charge in [0.05, 0.1) is 0 Å². The summed E-state index contributed by atoms with van der Waals surface area (Å²) in [6.45, 7) is 10.2. The van der Waals surface area contributed by atoms with Crippen LogP contribution in [0.4, 0.5) is 4.39 Å². The van der Waals surface area contributed by atoms with Crippen molar-refractivity contribution in [3.05, 3.63) is 29.6 Å². The molecule has 0 radical (unpaired) electrons. The predicted molar refractivity (Wildman–Crippen MR) is 85.8 cm³/mol. The lowest BCUT2D eigenvalue weighted by Gasteiger charge is -2.32. The van der Waals surface area contributed by atoms with Gasteiger partial charge in [0.2, 0.25) is 0 Å². The van der Waals surface area contributed by atoms with E-state index in [9.17, 15) is 14.4 Å². The van der Waals surface area contributed by atoms with Crippen molar-refractivity contribution in [3.63, 3.8) is 0 Å². The minimum Gasteiger partial charge on any atom is -0.423 e. The van der Waals surface area contributed by atoms with E-state index in [4.69, 9.17) is 0 Å². The average molecular weight is 295 g/mol. The van der Waals surface area contributed by atoms with E-state index in [0.717, 1.165) is 31.0 Å². The van der Waals surface area contributed by atoms with E-state index >= 15 is 0 Å². The summed E-state index contributed by atoms with van der Waals surface area (Å²) in [5.41, 5.74) is 0.990. The molecule has 1 rings (SSSR count). The van der Waals surface area contributed by atoms with Crippen LogP contribution < -0.4 is 5.46 Å². The first-order chi connectivity index (χ1) is 9.87. The molecule has 0 fully saturated rings. The number of nitrogens with zero attached hydrogens (tertiary/aromatic N) is 1. The molecule has 0 aliphatic carbocycles. The van der Waals surface area contributed by atoms with Gasteiger partial charge >= 0.3 is 7.12 Å². The standard InChI is InChI=1S/C16H27BFNO2/c1-5-16(6-2)19(10-12(3)4)11-13-7-14(17(20)21)9-15(18)8-13/h7-9,12,16,20-21H,5-6,10-11H2,1-4H3. The fourth-order valence-corrected chi connectivity index (χ4v) is 2.77. The summed E-state index contributed by atoms with van der Waals surface area (Å²) in [6, 6.07) is 4.77. The van der Waals surface area contributed by atoms with Crippen LogP contribution in [0.3, 0.4) is 0 Å². The highest BCUT2D eigenvalue weighted by Gasteiger charge is 2.19. The highest BCUT2D eigenvalue weighted by atomic mass is 19.1. The number of halogens is 1. The molecule has 0 amide bonds. The normalized spacial score (nSPS) is 11.7. The molecule has 5 heteroatoms. The molecule has 0 spiro atoms. The Morgan fingerprint density at radius 3 is 2.24 bits per heavy atom. The molecule has 0 unspecified atom stereocenters. The van der Waals surface area contributed by atoms with Crippen molar-refractivity contribution in [1.82, 2.24) is 4.90 Å². The van der Waals surface area contributed by atoms with E-state index in [-0.39, 0.29) is 5.46 Å². The van der Waals surface area contributed by atoms with Crippen LogP contribution >= 0.6 is 0 Å². The van der Waals surface area contributed by atoms with Gasteiger partial charge in [-0.15, -0.1) is 0 Å².